The summed E-state index contributed by atoms with van der Waals surface area (Å²) < 4.78 is 47.7. The van der Waals surface area contributed by atoms with E-state index in [4.69, 9.17) is 0 Å². The van der Waals surface area contributed by atoms with Gasteiger partial charge >= 0.3 is 6.18 Å². The Morgan fingerprint density at radius 1 is 1.26 bits per heavy atom. The lowest BCUT2D eigenvalue weighted by Crippen LogP contribution is -2.29. The molecule has 0 spiro atoms. The number of thioether (sulfide) groups is 1. The fraction of sp³-hybridized carbons (Fsp3) is 0.364. The Kier molecular flexibility index (Phi) is 6.10. The Balaban J connectivity index is 2.15. The van der Waals surface area contributed by atoms with Gasteiger partial charge in [-0.2, -0.15) is 13.2 Å². The first-order chi connectivity index (χ1) is 8.87. The molecule has 1 aromatic carbocycles. The Labute approximate surface area is 111 Å². The number of nitrogens with one attached hydrogen (secondary N) is 1. The number of benzene rings is 1. The number of carbonyl (C=O) groups excluding carboxylic acids is 1. The Bertz CT molecular complexity index is 408. The van der Waals surface area contributed by atoms with Gasteiger partial charge in [0.2, 0.25) is 5.91 Å². The van der Waals surface area contributed by atoms with Crippen LogP contribution in [0.5, 0.6) is 0 Å². The second kappa shape index (κ2) is 7.34. The summed E-state index contributed by atoms with van der Waals surface area (Å²) in [5, 5.41) is 0. The lowest BCUT2D eigenvalue weighted by atomic mass is 10.4. The van der Waals surface area contributed by atoms with E-state index in [9.17, 15) is 22.4 Å². The molecule has 0 atom stereocenters. The first kappa shape index (κ1) is 15.8. The molecule has 0 aliphatic carbocycles. The molecule has 0 radical (unpaired) electrons. The number of hydroxylamine groups is 1. The highest BCUT2D eigenvalue weighted by Gasteiger charge is 2.28. The van der Waals surface area contributed by atoms with E-state index in [1.807, 2.05) is 0 Å². The van der Waals surface area contributed by atoms with Gasteiger partial charge in [0.1, 0.15) is 5.82 Å². The van der Waals surface area contributed by atoms with Crippen molar-refractivity contribution >= 4 is 17.7 Å². The summed E-state index contributed by atoms with van der Waals surface area (Å²) in [6.07, 6.45) is -4.48. The number of carbonyl (C=O) groups is 1. The number of halogens is 4. The maximum atomic E-state index is 12.6. The minimum Gasteiger partial charge on any atom is -0.273 e. The van der Waals surface area contributed by atoms with Crippen LogP contribution in [-0.4, -0.2) is 24.4 Å². The van der Waals surface area contributed by atoms with Crippen LogP contribution in [0.15, 0.2) is 29.2 Å². The van der Waals surface area contributed by atoms with Gasteiger partial charge in [-0.25, -0.2) is 9.87 Å². The summed E-state index contributed by atoms with van der Waals surface area (Å²) in [6, 6.07) is 5.68. The fourth-order valence-corrected chi connectivity index (χ4v) is 1.89. The van der Waals surface area contributed by atoms with Crippen LogP contribution in [0.2, 0.25) is 0 Å². The zero-order valence-corrected chi connectivity index (χ0v) is 10.5. The molecule has 0 bridgehead atoms. The van der Waals surface area contributed by atoms with E-state index in [1.54, 1.807) is 17.6 Å². The monoisotopic (exact) mass is 297 g/mol. The van der Waals surface area contributed by atoms with Crippen molar-refractivity contribution in [2.45, 2.75) is 17.5 Å². The highest BCUT2D eigenvalue weighted by Crippen LogP contribution is 2.18. The Morgan fingerprint density at radius 3 is 2.47 bits per heavy atom. The van der Waals surface area contributed by atoms with Crippen LogP contribution >= 0.6 is 11.8 Å². The second-order valence-electron chi connectivity index (χ2n) is 3.48. The fourth-order valence-electron chi connectivity index (χ4n) is 1.04. The molecule has 0 saturated carbocycles. The van der Waals surface area contributed by atoms with Crippen molar-refractivity contribution in [1.29, 1.82) is 0 Å². The van der Waals surface area contributed by atoms with E-state index in [-0.39, 0.29) is 12.2 Å². The lowest BCUT2D eigenvalue weighted by molar-refractivity contribution is -0.191. The summed E-state index contributed by atoms with van der Waals surface area (Å²) in [4.78, 5) is 15.9. The van der Waals surface area contributed by atoms with Crippen molar-refractivity contribution in [2.24, 2.45) is 0 Å². The molecule has 106 valence electrons. The van der Waals surface area contributed by atoms with E-state index >= 15 is 0 Å². The van der Waals surface area contributed by atoms with E-state index in [0.29, 0.717) is 5.75 Å². The third-order valence-corrected chi connectivity index (χ3v) is 2.85. The molecule has 1 aromatic rings. The summed E-state index contributed by atoms with van der Waals surface area (Å²) in [6.45, 7) is -1.52. The Morgan fingerprint density at radius 2 is 1.89 bits per heavy atom. The van der Waals surface area contributed by atoms with Gasteiger partial charge in [0.25, 0.3) is 0 Å². The normalized spacial score (nSPS) is 11.4. The van der Waals surface area contributed by atoms with Crippen molar-refractivity contribution < 1.29 is 27.2 Å². The molecule has 1 N–H and O–H groups in total. The van der Waals surface area contributed by atoms with Crippen LogP contribution in [0.25, 0.3) is 0 Å². The second-order valence-corrected chi connectivity index (χ2v) is 4.65. The van der Waals surface area contributed by atoms with Gasteiger partial charge in [0, 0.05) is 17.1 Å². The third kappa shape index (κ3) is 7.68. The van der Waals surface area contributed by atoms with Gasteiger partial charge in [-0.1, -0.05) is 0 Å². The van der Waals surface area contributed by atoms with E-state index in [0.717, 1.165) is 4.90 Å². The molecule has 3 nitrogen and oxygen atoms in total. The molecule has 0 aliphatic heterocycles. The van der Waals surface area contributed by atoms with Crippen molar-refractivity contribution in [3.05, 3.63) is 30.1 Å². The van der Waals surface area contributed by atoms with Gasteiger partial charge in [0.15, 0.2) is 6.61 Å². The number of hydrogen-bond donors (Lipinski definition) is 1. The topological polar surface area (TPSA) is 38.3 Å². The first-order valence-electron chi connectivity index (χ1n) is 5.22. The highest BCUT2D eigenvalue weighted by atomic mass is 32.2. The minimum atomic E-state index is -4.48. The van der Waals surface area contributed by atoms with Crippen molar-refractivity contribution in [3.8, 4) is 0 Å². The van der Waals surface area contributed by atoms with E-state index < -0.39 is 18.7 Å². The summed E-state index contributed by atoms with van der Waals surface area (Å²) in [5.41, 5.74) is 1.70. The SMILES string of the molecule is O=C(CCSc1ccc(F)cc1)NOCC(F)(F)F. The van der Waals surface area contributed by atoms with Crippen LogP contribution < -0.4 is 5.48 Å². The number of hydrogen-bond acceptors (Lipinski definition) is 3. The third-order valence-electron chi connectivity index (χ3n) is 1.83. The van der Waals surface area contributed by atoms with Crippen molar-refractivity contribution in [2.75, 3.05) is 12.4 Å². The average molecular weight is 297 g/mol. The van der Waals surface area contributed by atoms with E-state index in [2.05, 4.69) is 4.84 Å². The first-order valence-corrected chi connectivity index (χ1v) is 6.21. The molecule has 1 amide bonds. The van der Waals surface area contributed by atoms with Gasteiger partial charge < -0.3 is 0 Å². The standard InChI is InChI=1S/C11H11F4NO2S/c12-8-1-3-9(4-2-8)19-6-5-10(17)16-18-7-11(13,14)15/h1-4H,5-7H2,(H,16,17). The van der Waals surface area contributed by atoms with E-state index in [1.165, 1.54) is 23.9 Å². The molecule has 0 unspecified atom stereocenters. The molecule has 0 heterocycles. The zero-order valence-electron chi connectivity index (χ0n) is 9.67. The predicted molar refractivity (Wildman–Crippen MR) is 61.9 cm³/mol. The predicted octanol–water partition coefficient (Wildman–Crippen LogP) is 2.92. The van der Waals surface area contributed by atoms with Crippen LogP contribution in [0.1, 0.15) is 6.42 Å². The molecule has 0 aliphatic rings. The van der Waals surface area contributed by atoms with Crippen LogP contribution in [-0.2, 0) is 9.63 Å². The zero-order chi connectivity index (χ0) is 14.3. The smallest absolute Gasteiger partial charge is 0.273 e. The number of amides is 1. The maximum Gasteiger partial charge on any atom is 0.414 e. The highest BCUT2D eigenvalue weighted by molar-refractivity contribution is 7.99. The quantitative estimate of drug-likeness (QED) is 0.498. The van der Waals surface area contributed by atoms with Crippen LogP contribution in [0, 0.1) is 5.82 Å². The van der Waals surface area contributed by atoms with Crippen LogP contribution in [0.4, 0.5) is 17.6 Å². The number of rotatable bonds is 6. The summed E-state index contributed by atoms with van der Waals surface area (Å²) in [7, 11) is 0. The molecule has 19 heavy (non-hydrogen) atoms. The molecule has 0 fully saturated rings. The summed E-state index contributed by atoms with van der Waals surface area (Å²) >= 11 is 1.29. The minimum absolute atomic E-state index is 0.0000990. The average Bonchev–Trinajstić information content (AvgIpc) is 2.30. The van der Waals surface area contributed by atoms with Gasteiger partial charge in [-0.15, -0.1) is 11.8 Å². The molecular formula is C11H11F4NO2S. The van der Waals surface area contributed by atoms with Gasteiger partial charge in [-0.3, -0.25) is 9.63 Å². The molecule has 0 aromatic heterocycles. The summed E-state index contributed by atoms with van der Waals surface area (Å²) in [5.74, 6) is -0.645. The Hall–Kier alpha value is -1.28. The largest absolute Gasteiger partial charge is 0.414 e. The van der Waals surface area contributed by atoms with Crippen molar-refractivity contribution in [3.63, 3.8) is 0 Å². The van der Waals surface area contributed by atoms with Gasteiger partial charge in [0.05, 0.1) is 0 Å². The molecular weight excluding hydrogens is 286 g/mol. The number of alkyl halides is 3. The lowest BCUT2D eigenvalue weighted by Gasteiger charge is -2.08. The van der Waals surface area contributed by atoms with Crippen molar-refractivity contribution in [1.82, 2.24) is 5.48 Å². The molecule has 1 rings (SSSR count). The van der Waals surface area contributed by atoms with Crippen LogP contribution in [0.3, 0.4) is 0 Å². The maximum absolute atomic E-state index is 12.6. The molecule has 8 heteroatoms. The molecule has 0 saturated heterocycles. The van der Waals surface area contributed by atoms with Gasteiger partial charge in [-0.05, 0) is 24.3 Å².